The highest BCUT2D eigenvalue weighted by Gasteiger charge is 2.64. The highest BCUT2D eigenvalue weighted by atomic mass is 28.4. The van der Waals surface area contributed by atoms with Crippen molar-refractivity contribution < 1.29 is 39.8 Å². The molecule has 1 aliphatic heterocycles. The Hall–Kier alpha value is -1.35. The van der Waals surface area contributed by atoms with Crippen molar-refractivity contribution >= 4 is 22.5 Å². The fourth-order valence-corrected chi connectivity index (χ4v) is 24.0. The summed E-state index contributed by atoms with van der Waals surface area (Å²) in [5.41, 5.74) is 1.57. The largest absolute Gasteiger partial charge is 0.543 e. The highest BCUT2D eigenvalue weighted by molar-refractivity contribution is 6.86. The smallest absolute Gasteiger partial charge is 0.258 e. The van der Waals surface area contributed by atoms with E-state index in [1.54, 1.807) is 6.08 Å². The topological polar surface area (TPSA) is 140 Å². The zero-order valence-electron chi connectivity index (χ0n) is 31.5. The second-order valence-electron chi connectivity index (χ2n) is 16.6. The maximum Gasteiger partial charge on any atom is 0.258 e. The normalized spacial score (nSPS) is 30.8. The minimum atomic E-state index is -2.68. The molecule has 0 aromatic heterocycles. The van der Waals surface area contributed by atoms with Crippen LogP contribution in [0.1, 0.15) is 101 Å². The molecule has 1 heterocycles. The highest BCUT2D eigenvalue weighted by Crippen LogP contribution is 2.56. The second-order valence-corrected chi connectivity index (χ2v) is 28.2. The molecule has 2 aliphatic rings. The van der Waals surface area contributed by atoms with Gasteiger partial charge in [-0.1, -0.05) is 107 Å². The maximum atomic E-state index is 12.9. The van der Waals surface area contributed by atoms with Crippen LogP contribution in [-0.2, 0) is 4.74 Å². The number of aliphatic hydroxyl groups is 6. The quantitative estimate of drug-likeness (QED) is 0.128. The van der Waals surface area contributed by atoms with E-state index in [0.29, 0.717) is 28.6 Å². The summed E-state index contributed by atoms with van der Waals surface area (Å²) >= 11 is 0. The Morgan fingerprint density at radius 3 is 1.69 bits per heavy atom. The van der Waals surface area contributed by atoms with Crippen molar-refractivity contribution in [3.63, 3.8) is 0 Å². The third kappa shape index (κ3) is 7.34. The number of benzene rings is 1. The molecule has 7 atom stereocenters. The molecule has 1 fully saturated rings. The summed E-state index contributed by atoms with van der Waals surface area (Å²) in [5, 5.41) is 66.3. The zero-order valence-corrected chi connectivity index (χ0v) is 33.5. The Morgan fingerprint density at radius 2 is 1.25 bits per heavy atom. The second kappa shape index (κ2) is 15.5. The van der Waals surface area contributed by atoms with Crippen LogP contribution in [0.2, 0.25) is 33.2 Å². The summed E-state index contributed by atoms with van der Waals surface area (Å²) in [7, 11) is -4.79. The molecule has 1 aliphatic carbocycles. The first kappa shape index (κ1) is 41.1. The first-order chi connectivity index (χ1) is 22.1. The number of hydrogen-bond acceptors (Lipinski definition) is 8. The molecule has 0 bridgehead atoms. The summed E-state index contributed by atoms with van der Waals surface area (Å²) < 4.78 is 12.8. The number of hydrogen-bond donors (Lipinski definition) is 6. The lowest BCUT2D eigenvalue weighted by atomic mass is 9.76. The maximum absolute atomic E-state index is 12.9. The third-order valence-corrected chi connectivity index (χ3v) is 25.6. The molecular weight excluding hydrogens is 641 g/mol. The molecule has 1 saturated heterocycles. The standard InChI is InChI=1S/C38H66O8Si2/c1-23(2)47(24(3)4,25(5)6)38(44)20-30(19-37(43,22-38)36-35(42)34(41)33(40)32(21-39)45-36)14-13-29-15-17-31(18-16-29)46-48(26(7)8,27(9)10)28(11)12/h13-19,23-28,32-36,39-44H,20-22H2,1-12H3/t32-,33-,34+,35-,36?,37?,38?/m1/s1. The van der Waals surface area contributed by atoms with Crippen molar-refractivity contribution in [3.8, 4) is 5.75 Å². The average Bonchev–Trinajstić information content (AvgIpc) is 2.96. The first-order valence-electron chi connectivity index (χ1n) is 18.1. The van der Waals surface area contributed by atoms with Gasteiger partial charge in [0.15, 0.2) is 0 Å². The van der Waals surface area contributed by atoms with E-state index in [9.17, 15) is 30.6 Å². The number of aliphatic hydroxyl groups excluding tert-OH is 4. The van der Waals surface area contributed by atoms with Gasteiger partial charge < -0.3 is 39.8 Å². The monoisotopic (exact) mass is 706 g/mol. The molecule has 0 spiro atoms. The van der Waals surface area contributed by atoms with Crippen LogP contribution in [0.3, 0.4) is 0 Å². The summed E-state index contributed by atoms with van der Waals surface area (Å²) in [5.74, 6) is 0.861. The molecular formula is C38H66O8Si2. The molecule has 6 N–H and O–H groups in total. The van der Waals surface area contributed by atoms with Crippen molar-refractivity contribution in [2.75, 3.05) is 6.61 Å². The van der Waals surface area contributed by atoms with Crippen molar-refractivity contribution in [1.82, 2.24) is 0 Å². The molecule has 0 saturated carbocycles. The Labute approximate surface area is 292 Å². The molecule has 8 nitrogen and oxygen atoms in total. The van der Waals surface area contributed by atoms with Gasteiger partial charge in [-0.3, -0.25) is 0 Å². The van der Waals surface area contributed by atoms with E-state index in [1.165, 1.54) is 0 Å². The molecule has 3 unspecified atom stereocenters. The zero-order chi connectivity index (χ0) is 36.6. The molecule has 274 valence electrons. The van der Waals surface area contributed by atoms with Crippen molar-refractivity contribution in [2.45, 2.75) is 171 Å². The van der Waals surface area contributed by atoms with Gasteiger partial charge in [-0.2, -0.15) is 0 Å². The van der Waals surface area contributed by atoms with Crippen LogP contribution in [0.5, 0.6) is 5.75 Å². The SMILES string of the molecule is CC(C)[Si](Oc1ccc(C=CC2=CC(O)(C3O[C@H](CO)[C@@H](O)[C@H](O)[C@H]3O)CC(O)([Si](C(C)C)(C(C)C)C(C)C)C2)cc1)(C(C)C)C(C)C. The molecule has 10 heteroatoms. The minimum Gasteiger partial charge on any atom is -0.543 e. The fraction of sp³-hybridized carbons (Fsp3) is 0.737. The van der Waals surface area contributed by atoms with Gasteiger partial charge in [-0.05, 0) is 69.0 Å². The number of rotatable bonds is 13. The van der Waals surface area contributed by atoms with E-state index in [-0.39, 0.29) is 23.0 Å². The molecule has 48 heavy (non-hydrogen) atoms. The van der Waals surface area contributed by atoms with Crippen LogP contribution in [0.15, 0.2) is 42.0 Å². The average molecular weight is 707 g/mol. The van der Waals surface area contributed by atoms with Gasteiger partial charge >= 0.3 is 0 Å². The summed E-state index contributed by atoms with van der Waals surface area (Å²) in [6.45, 7) is 25.9. The van der Waals surface area contributed by atoms with Gasteiger partial charge in [-0.15, -0.1) is 0 Å². The lowest BCUT2D eigenvalue weighted by Crippen LogP contribution is -2.71. The van der Waals surface area contributed by atoms with Crippen LogP contribution in [0, 0.1) is 0 Å². The van der Waals surface area contributed by atoms with Crippen LogP contribution >= 0.6 is 0 Å². The van der Waals surface area contributed by atoms with Crippen molar-refractivity contribution in [3.05, 3.63) is 47.6 Å². The van der Waals surface area contributed by atoms with Crippen LogP contribution in [0.4, 0.5) is 0 Å². The number of ether oxygens (including phenoxy) is 1. The first-order valence-corrected chi connectivity index (χ1v) is 22.5. The van der Waals surface area contributed by atoms with E-state index in [0.717, 1.165) is 11.3 Å². The molecule has 1 aromatic carbocycles. The summed E-state index contributed by atoms with van der Waals surface area (Å²) in [4.78, 5) is 0. The van der Waals surface area contributed by atoms with Crippen LogP contribution in [-0.4, -0.2) is 95.0 Å². The summed E-state index contributed by atoms with van der Waals surface area (Å²) in [6.07, 6.45) is -1.67. The van der Waals surface area contributed by atoms with Gasteiger partial charge in [0.25, 0.3) is 8.32 Å². The van der Waals surface area contributed by atoms with E-state index < -0.39 is 64.3 Å². The van der Waals surface area contributed by atoms with Crippen molar-refractivity contribution in [1.29, 1.82) is 0 Å². The Morgan fingerprint density at radius 1 is 0.750 bits per heavy atom. The molecule has 0 radical (unpaired) electrons. The fourth-order valence-electron chi connectivity index (χ4n) is 10.4. The van der Waals surface area contributed by atoms with E-state index in [4.69, 9.17) is 9.16 Å². The third-order valence-electron chi connectivity index (χ3n) is 11.9. The Bertz CT molecular complexity index is 1210. The molecule has 0 amide bonds. The molecule has 3 rings (SSSR count). The van der Waals surface area contributed by atoms with Crippen LogP contribution in [0.25, 0.3) is 6.08 Å². The lowest BCUT2D eigenvalue weighted by Gasteiger charge is -2.59. The minimum absolute atomic E-state index is 0.0972. The van der Waals surface area contributed by atoms with Crippen LogP contribution < -0.4 is 4.43 Å². The lowest BCUT2D eigenvalue weighted by molar-refractivity contribution is -0.267. The van der Waals surface area contributed by atoms with Crippen molar-refractivity contribution in [2.24, 2.45) is 0 Å². The van der Waals surface area contributed by atoms with E-state index >= 15 is 0 Å². The van der Waals surface area contributed by atoms with E-state index in [1.807, 2.05) is 36.4 Å². The Kier molecular flexibility index (Phi) is 13.3. The predicted octanol–water partition coefficient (Wildman–Crippen LogP) is 6.50. The van der Waals surface area contributed by atoms with Gasteiger partial charge in [0.1, 0.15) is 41.9 Å². The van der Waals surface area contributed by atoms with Gasteiger partial charge in [0.05, 0.1) is 19.9 Å². The van der Waals surface area contributed by atoms with Gasteiger partial charge in [0, 0.05) is 6.42 Å². The van der Waals surface area contributed by atoms with Gasteiger partial charge in [0.2, 0.25) is 0 Å². The number of allylic oxidation sites excluding steroid dienone is 1. The van der Waals surface area contributed by atoms with Gasteiger partial charge in [-0.25, -0.2) is 0 Å². The molecule has 1 aromatic rings. The Balaban J connectivity index is 2.10. The summed E-state index contributed by atoms with van der Waals surface area (Å²) in [6, 6.07) is 8.05. The predicted molar refractivity (Wildman–Crippen MR) is 199 cm³/mol. The van der Waals surface area contributed by atoms with E-state index in [2.05, 4.69) is 83.1 Å².